The number of fused-ring (bicyclic) bond motifs is 3. The zero-order chi connectivity index (χ0) is 22.0. The molecule has 8 heteroatoms. The number of carboxylic acids is 1. The normalized spacial score (nSPS) is 13.5. The molecule has 0 radical (unpaired) electrons. The van der Waals surface area contributed by atoms with Gasteiger partial charge in [0.1, 0.15) is 12.6 Å². The molecule has 1 aliphatic rings. The maximum absolute atomic E-state index is 12.4. The minimum Gasteiger partial charge on any atom is -0.480 e. The smallest absolute Gasteiger partial charge is 0.407 e. The van der Waals surface area contributed by atoms with Gasteiger partial charge in [0.25, 0.3) is 0 Å². The summed E-state index contributed by atoms with van der Waals surface area (Å²) in [7, 11) is 0. The molecule has 160 valence electrons. The second-order valence-electron chi connectivity index (χ2n) is 7.85. The van der Waals surface area contributed by atoms with Gasteiger partial charge < -0.3 is 15.2 Å². The van der Waals surface area contributed by atoms with Gasteiger partial charge in [-0.2, -0.15) is 0 Å². The van der Waals surface area contributed by atoms with Crippen molar-refractivity contribution < 1.29 is 19.4 Å². The van der Waals surface area contributed by atoms with E-state index in [0.29, 0.717) is 5.69 Å². The minimum atomic E-state index is -1.16. The fourth-order valence-corrected chi connectivity index (χ4v) is 3.85. The molecule has 2 N–H and O–H groups in total. The number of carboxylic acid groups (broad SMARTS) is 1. The molecule has 0 aliphatic heterocycles. The highest BCUT2D eigenvalue weighted by Crippen LogP contribution is 2.44. The summed E-state index contributed by atoms with van der Waals surface area (Å²) in [6.07, 6.45) is 0.928. The third kappa shape index (κ3) is 4.28. The lowest BCUT2D eigenvalue weighted by Gasteiger charge is -2.17. The number of aliphatic carboxylic acids is 1. The highest BCUT2D eigenvalue weighted by molar-refractivity contribution is 5.81. The van der Waals surface area contributed by atoms with E-state index in [1.165, 1.54) is 0 Å². The van der Waals surface area contributed by atoms with Crippen molar-refractivity contribution in [1.29, 1.82) is 0 Å². The molecule has 1 unspecified atom stereocenters. The van der Waals surface area contributed by atoms with E-state index in [-0.39, 0.29) is 25.0 Å². The van der Waals surface area contributed by atoms with E-state index >= 15 is 0 Å². The van der Waals surface area contributed by atoms with Gasteiger partial charge in [-0.1, -0.05) is 53.7 Å². The molecule has 3 aromatic rings. The molecule has 1 amide bonds. The number of benzene rings is 2. The van der Waals surface area contributed by atoms with Gasteiger partial charge in [0.2, 0.25) is 0 Å². The molecule has 1 aromatic heterocycles. The Hall–Kier alpha value is -3.68. The molecule has 0 saturated carbocycles. The maximum Gasteiger partial charge on any atom is 0.407 e. The van der Waals surface area contributed by atoms with E-state index in [1.807, 2.05) is 50.2 Å². The number of hydrogen-bond acceptors (Lipinski definition) is 5. The van der Waals surface area contributed by atoms with Crippen LogP contribution in [0.2, 0.25) is 0 Å². The Morgan fingerprint density at radius 1 is 1.10 bits per heavy atom. The van der Waals surface area contributed by atoms with E-state index < -0.39 is 18.1 Å². The van der Waals surface area contributed by atoms with Crippen LogP contribution in [0.15, 0.2) is 54.7 Å². The van der Waals surface area contributed by atoms with Crippen LogP contribution >= 0.6 is 0 Å². The molecule has 1 aliphatic carbocycles. The van der Waals surface area contributed by atoms with Crippen molar-refractivity contribution in [2.24, 2.45) is 0 Å². The second kappa shape index (κ2) is 8.59. The first-order chi connectivity index (χ1) is 14.9. The first-order valence-corrected chi connectivity index (χ1v) is 10.2. The summed E-state index contributed by atoms with van der Waals surface area (Å²) < 4.78 is 7.09. The average Bonchev–Trinajstić information content (AvgIpc) is 3.35. The largest absolute Gasteiger partial charge is 0.480 e. The Balaban J connectivity index is 1.41. The number of amides is 1. The Kier molecular flexibility index (Phi) is 5.70. The quantitative estimate of drug-likeness (QED) is 0.607. The van der Waals surface area contributed by atoms with Crippen LogP contribution in [0.3, 0.4) is 0 Å². The lowest BCUT2D eigenvalue weighted by atomic mass is 9.98. The van der Waals surface area contributed by atoms with Crippen molar-refractivity contribution in [2.45, 2.75) is 38.3 Å². The van der Waals surface area contributed by atoms with Gasteiger partial charge in [-0.25, -0.2) is 14.3 Å². The Labute approximate surface area is 179 Å². The molecular weight excluding hydrogens is 396 g/mol. The Morgan fingerprint density at radius 2 is 1.71 bits per heavy atom. The van der Waals surface area contributed by atoms with Gasteiger partial charge in [-0.15, -0.1) is 5.10 Å². The lowest BCUT2D eigenvalue weighted by Crippen LogP contribution is -2.43. The molecule has 0 saturated heterocycles. The number of ether oxygens (including phenoxy) is 1. The lowest BCUT2D eigenvalue weighted by molar-refractivity contribution is -0.139. The van der Waals surface area contributed by atoms with E-state index in [9.17, 15) is 14.7 Å². The predicted molar refractivity (Wildman–Crippen MR) is 114 cm³/mol. The van der Waals surface area contributed by atoms with Crippen LogP contribution in [0.4, 0.5) is 4.79 Å². The number of carbonyl (C=O) groups is 2. The van der Waals surface area contributed by atoms with Crippen LogP contribution in [-0.4, -0.2) is 44.8 Å². The molecular formula is C23H24N4O4. The highest BCUT2D eigenvalue weighted by Gasteiger charge is 2.30. The van der Waals surface area contributed by atoms with Crippen LogP contribution in [0.25, 0.3) is 11.1 Å². The van der Waals surface area contributed by atoms with E-state index in [2.05, 4.69) is 27.8 Å². The molecule has 31 heavy (non-hydrogen) atoms. The Morgan fingerprint density at radius 3 is 2.26 bits per heavy atom. The number of aromatic nitrogens is 3. The van der Waals surface area contributed by atoms with Crippen molar-refractivity contribution in [1.82, 2.24) is 20.3 Å². The molecule has 1 atom stereocenters. The SMILES string of the molecule is CC(C)n1cc(CC(NC(=O)OCC2c3ccccc3-c3ccccc32)C(=O)O)nn1. The first-order valence-electron chi connectivity index (χ1n) is 10.2. The van der Waals surface area contributed by atoms with Gasteiger partial charge >= 0.3 is 12.1 Å². The number of nitrogens with zero attached hydrogens (tertiary/aromatic N) is 3. The van der Waals surface area contributed by atoms with Crippen molar-refractivity contribution in [3.05, 3.63) is 71.5 Å². The van der Waals surface area contributed by atoms with Gasteiger partial charge in [-0.05, 0) is 36.1 Å². The predicted octanol–water partition coefficient (Wildman–Crippen LogP) is 3.39. The molecule has 2 aromatic carbocycles. The van der Waals surface area contributed by atoms with E-state index in [1.54, 1.807) is 10.9 Å². The van der Waals surface area contributed by atoms with Crippen molar-refractivity contribution >= 4 is 12.1 Å². The van der Waals surface area contributed by atoms with Crippen LogP contribution in [0, 0.1) is 0 Å². The van der Waals surface area contributed by atoms with E-state index in [0.717, 1.165) is 22.3 Å². The van der Waals surface area contributed by atoms with Gasteiger partial charge in [-0.3, -0.25) is 0 Å². The second-order valence-corrected chi connectivity index (χ2v) is 7.85. The molecule has 8 nitrogen and oxygen atoms in total. The molecule has 0 bridgehead atoms. The fourth-order valence-electron chi connectivity index (χ4n) is 3.85. The van der Waals surface area contributed by atoms with Gasteiger partial charge in [0, 0.05) is 24.6 Å². The summed E-state index contributed by atoms with van der Waals surface area (Å²) in [4.78, 5) is 24.0. The number of hydrogen-bond donors (Lipinski definition) is 2. The maximum atomic E-state index is 12.4. The first kappa shape index (κ1) is 20.6. The highest BCUT2D eigenvalue weighted by atomic mass is 16.5. The van der Waals surface area contributed by atoms with Crippen LogP contribution in [0.1, 0.15) is 42.6 Å². The molecule has 0 fully saturated rings. The zero-order valence-corrected chi connectivity index (χ0v) is 17.4. The number of nitrogens with one attached hydrogen (secondary N) is 1. The number of carbonyl (C=O) groups excluding carboxylic acids is 1. The van der Waals surface area contributed by atoms with Gasteiger partial charge in [0.15, 0.2) is 0 Å². The van der Waals surface area contributed by atoms with Crippen LogP contribution in [0.5, 0.6) is 0 Å². The van der Waals surface area contributed by atoms with Crippen molar-refractivity contribution in [3.8, 4) is 11.1 Å². The zero-order valence-electron chi connectivity index (χ0n) is 17.4. The summed E-state index contributed by atoms with van der Waals surface area (Å²) in [6, 6.07) is 15.0. The van der Waals surface area contributed by atoms with Gasteiger partial charge in [0.05, 0.1) is 5.69 Å². The Bertz CT molecular complexity index is 1060. The number of alkyl carbamates (subject to hydrolysis) is 1. The third-order valence-electron chi connectivity index (χ3n) is 5.43. The topological polar surface area (TPSA) is 106 Å². The average molecular weight is 420 g/mol. The van der Waals surface area contributed by atoms with Crippen LogP contribution in [-0.2, 0) is 16.0 Å². The summed E-state index contributed by atoms with van der Waals surface area (Å²) >= 11 is 0. The minimum absolute atomic E-state index is 0.0201. The molecule has 1 heterocycles. The third-order valence-corrected chi connectivity index (χ3v) is 5.43. The standard InChI is InChI=1S/C23H24N4O4/c1-14(2)27-12-15(25-26-27)11-21(22(28)29)24-23(30)31-13-20-18-9-5-3-7-16(18)17-8-4-6-10-19(17)20/h3-10,12,14,20-21H,11,13H2,1-2H3,(H,24,30)(H,28,29). The molecule has 0 spiro atoms. The van der Waals surface area contributed by atoms with Crippen molar-refractivity contribution in [3.63, 3.8) is 0 Å². The monoisotopic (exact) mass is 420 g/mol. The van der Waals surface area contributed by atoms with Crippen molar-refractivity contribution in [2.75, 3.05) is 6.61 Å². The fraction of sp³-hybridized carbons (Fsp3) is 0.304. The summed E-state index contributed by atoms with van der Waals surface area (Å²) in [5, 5.41) is 19.9. The number of rotatable bonds is 7. The summed E-state index contributed by atoms with van der Waals surface area (Å²) in [6.45, 7) is 4.01. The summed E-state index contributed by atoms with van der Waals surface area (Å²) in [5.41, 5.74) is 4.93. The summed E-state index contributed by atoms with van der Waals surface area (Å²) in [5.74, 6) is -1.25. The molecule has 4 rings (SSSR count). The van der Waals surface area contributed by atoms with Crippen LogP contribution < -0.4 is 5.32 Å². The van der Waals surface area contributed by atoms with E-state index in [4.69, 9.17) is 4.74 Å².